The van der Waals surface area contributed by atoms with Crippen molar-refractivity contribution in [1.82, 2.24) is 0 Å². The third kappa shape index (κ3) is 8.67. The van der Waals surface area contributed by atoms with Crippen molar-refractivity contribution in [1.29, 1.82) is 5.41 Å². The minimum absolute atomic E-state index is 0.173. The summed E-state index contributed by atoms with van der Waals surface area (Å²) in [4.78, 5) is 22.0. The monoisotopic (exact) mass is 214 g/mol. The molecule has 5 heteroatoms. The third-order valence-corrected chi connectivity index (χ3v) is 1.46. The minimum atomic E-state index is -0.664. The number of esters is 1. The van der Waals surface area contributed by atoms with Crippen molar-refractivity contribution in [3.8, 4) is 0 Å². The first-order chi connectivity index (χ1) is 7.04. The van der Waals surface area contributed by atoms with Crippen molar-refractivity contribution < 1.29 is 14.3 Å². The van der Waals surface area contributed by atoms with Gasteiger partial charge in [-0.3, -0.25) is 15.0 Å². The van der Waals surface area contributed by atoms with Crippen LogP contribution < -0.4 is 5.73 Å². The number of allylic oxidation sites excluding steroid dienone is 1. The molecule has 0 fully saturated rings. The third-order valence-electron chi connectivity index (χ3n) is 1.46. The maximum absolute atomic E-state index is 11.1. The molecule has 0 saturated heterocycles. The second kappa shape index (κ2) is 10.4. The number of nitrogens with one attached hydrogen (secondary N) is 1. The molecule has 86 valence electrons. The van der Waals surface area contributed by atoms with Crippen molar-refractivity contribution >= 4 is 18.1 Å². The summed E-state index contributed by atoms with van der Waals surface area (Å²) in [5.74, 6) is -1.29. The number of hydrogen-bond donors (Lipinski definition) is 2. The summed E-state index contributed by atoms with van der Waals surface area (Å²) in [6.07, 6.45) is 2.65. The molecule has 0 saturated carbocycles. The van der Waals surface area contributed by atoms with Gasteiger partial charge in [0.25, 0.3) is 0 Å². The molecule has 0 aromatic carbocycles. The fourth-order valence-corrected chi connectivity index (χ4v) is 0.838. The second-order valence-electron chi connectivity index (χ2n) is 2.61. The molecule has 0 bridgehead atoms. The minimum Gasteiger partial charge on any atom is -0.465 e. The highest BCUT2D eigenvalue weighted by molar-refractivity contribution is 5.97. The number of ketones is 1. The van der Waals surface area contributed by atoms with Crippen LogP contribution in [0.25, 0.3) is 0 Å². The number of nitrogens with two attached hydrogens (primary N) is 1. The molecule has 0 spiro atoms. The van der Waals surface area contributed by atoms with Gasteiger partial charge >= 0.3 is 5.97 Å². The maximum atomic E-state index is 11.1. The average molecular weight is 214 g/mol. The van der Waals surface area contributed by atoms with Crippen LogP contribution in [0.15, 0.2) is 12.7 Å². The summed E-state index contributed by atoms with van der Waals surface area (Å²) in [5.41, 5.74) is 4.39. The quantitative estimate of drug-likeness (QED) is 0.233. The predicted octanol–water partition coefficient (Wildman–Crippen LogP) is 0.883. The van der Waals surface area contributed by atoms with Gasteiger partial charge < -0.3 is 10.5 Å². The number of Topliss-reactive ketones (excluding diaryl/α,β-unsaturated/α-hetero) is 1. The first-order valence-electron chi connectivity index (χ1n) is 4.53. The van der Waals surface area contributed by atoms with Gasteiger partial charge in [0.05, 0.1) is 12.9 Å². The lowest BCUT2D eigenvalue weighted by Gasteiger charge is -2.09. The Morgan fingerprint density at radius 3 is 2.33 bits per heavy atom. The predicted molar refractivity (Wildman–Crippen MR) is 58.6 cm³/mol. The number of ether oxygens (including phenoxy) is 1. The second-order valence-corrected chi connectivity index (χ2v) is 2.61. The Bertz CT molecular complexity index is 227. The molecule has 0 radical (unpaired) electrons. The van der Waals surface area contributed by atoms with Crippen LogP contribution in [-0.2, 0) is 14.3 Å². The van der Waals surface area contributed by atoms with Gasteiger partial charge in [0, 0.05) is 0 Å². The van der Waals surface area contributed by atoms with Crippen LogP contribution in [0.1, 0.15) is 20.3 Å². The Kier molecular flexibility index (Phi) is 11.0. The molecule has 0 aliphatic heterocycles. The Morgan fingerprint density at radius 1 is 1.60 bits per heavy atom. The van der Waals surface area contributed by atoms with Crippen LogP contribution in [0.3, 0.4) is 0 Å². The molecule has 0 heterocycles. The summed E-state index contributed by atoms with van der Waals surface area (Å²) in [7, 11) is 0. The molecule has 0 aromatic heterocycles. The molecule has 3 N–H and O–H groups in total. The zero-order valence-electron chi connectivity index (χ0n) is 9.16. The zero-order valence-corrected chi connectivity index (χ0v) is 9.16. The highest BCUT2D eigenvalue weighted by atomic mass is 16.5. The average Bonchev–Trinajstić information content (AvgIpc) is 2.15. The summed E-state index contributed by atoms with van der Waals surface area (Å²) in [6.45, 7) is 6.86. The molecule has 0 aromatic rings. The first kappa shape index (κ1) is 15.8. The molecular formula is C10H18N2O3. The Balaban J connectivity index is 0. The zero-order chi connectivity index (χ0) is 12.3. The summed E-state index contributed by atoms with van der Waals surface area (Å²) >= 11 is 0. The fraction of sp³-hybridized carbons (Fsp3) is 0.500. The van der Waals surface area contributed by atoms with Crippen LogP contribution in [-0.4, -0.2) is 24.7 Å². The van der Waals surface area contributed by atoms with E-state index in [1.165, 1.54) is 6.92 Å². The maximum Gasteiger partial charge on any atom is 0.316 e. The van der Waals surface area contributed by atoms with Crippen molar-refractivity contribution in [2.24, 2.45) is 11.7 Å². The molecule has 15 heavy (non-hydrogen) atoms. The van der Waals surface area contributed by atoms with Gasteiger partial charge in [0.15, 0.2) is 0 Å². The van der Waals surface area contributed by atoms with E-state index < -0.39 is 11.9 Å². The van der Waals surface area contributed by atoms with Crippen molar-refractivity contribution in [2.75, 3.05) is 6.61 Å². The van der Waals surface area contributed by atoms with Crippen LogP contribution >= 0.6 is 0 Å². The molecule has 0 amide bonds. The van der Waals surface area contributed by atoms with E-state index in [0.717, 1.165) is 6.34 Å². The number of rotatable bonds is 5. The molecular weight excluding hydrogens is 196 g/mol. The van der Waals surface area contributed by atoms with E-state index in [-0.39, 0.29) is 5.78 Å². The van der Waals surface area contributed by atoms with Gasteiger partial charge in [-0.25, -0.2) is 0 Å². The smallest absolute Gasteiger partial charge is 0.316 e. The van der Waals surface area contributed by atoms with Crippen molar-refractivity contribution in [2.45, 2.75) is 20.3 Å². The number of carbonyl (C=O) groups excluding carboxylic acids is 2. The van der Waals surface area contributed by atoms with E-state index in [4.69, 9.17) is 10.1 Å². The molecule has 1 atom stereocenters. The standard InChI is InChI=1S/C9H14O3.CH4N2/c1-4-6-8(7(3)10)9(11)12-5-2;2-1-3/h4,8H,1,5-6H2,2-3H3;1H,(H3,2,3). The fourth-order valence-electron chi connectivity index (χ4n) is 0.838. The summed E-state index contributed by atoms with van der Waals surface area (Å²) < 4.78 is 4.71. The normalized spacial score (nSPS) is 10.3. The summed E-state index contributed by atoms with van der Waals surface area (Å²) in [5, 5.41) is 5.86. The van der Waals surface area contributed by atoms with E-state index in [2.05, 4.69) is 12.3 Å². The van der Waals surface area contributed by atoms with E-state index in [1.54, 1.807) is 13.0 Å². The molecule has 0 aliphatic rings. The lowest BCUT2D eigenvalue weighted by atomic mass is 10.0. The molecule has 5 nitrogen and oxygen atoms in total. The van der Waals surface area contributed by atoms with E-state index >= 15 is 0 Å². The number of carbonyl (C=O) groups is 2. The van der Waals surface area contributed by atoms with Gasteiger partial charge in [-0.15, -0.1) is 6.58 Å². The Labute approximate surface area is 89.8 Å². The lowest BCUT2D eigenvalue weighted by molar-refractivity contribution is -0.150. The van der Waals surface area contributed by atoms with Crippen LogP contribution in [0.2, 0.25) is 0 Å². The number of hydrogen-bond acceptors (Lipinski definition) is 4. The largest absolute Gasteiger partial charge is 0.465 e. The molecule has 0 rings (SSSR count). The van der Waals surface area contributed by atoms with Gasteiger partial charge in [-0.2, -0.15) is 0 Å². The van der Waals surface area contributed by atoms with Crippen LogP contribution in [0.5, 0.6) is 0 Å². The van der Waals surface area contributed by atoms with Gasteiger partial charge in [0.1, 0.15) is 11.7 Å². The van der Waals surface area contributed by atoms with Gasteiger partial charge in [-0.1, -0.05) is 6.08 Å². The summed E-state index contributed by atoms with van der Waals surface area (Å²) in [6, 6.07) is 0. The molecule has 1 unspecified atom stereocenters. The van der Waals surface area contributed by atoms with E-state index in [9.17, 15) is 9.59 Å². The first-order valence-corrected chi connectivity index (χ1v) is 4.53. The van der Waals surface area contributed by atoms with Gasteiger partial charge in [0.2, 0.25) is 0 Å². The van der Waals surface area contributed by atoms with Crippen LogP contribution in [0.4, 0.5) is 0 Å². The highest BCUT2D eigenvalue weighted by Crippen LogP contribution is 2.07. The van der Waals surface area contributed by atoms with E-state index in [1.807, 2.05) is 0 Å². The SMILES string of the molecule is C=CCC(C(C)=O)C(=O)OCC.N=CN. The molecule has 0 aliphatic carbocycles. The van der Waals surface area contributed by atoms with E-state index in [0.29, 0.717) is 13.0 Å². The van der Waals surface area contributed by atoms with Gasteiger partial charge in [-0.05, 0) is 20.3 Å². The Hall–Kier alpha value is -1.65. The van der Waals surface area contributed by atoms with Crippen molar-refractivity contribution in [3.63, 3.8) is 0 Å². The highest BCUT2D eigenvalue weighted by Gasteiger charge is 2.22. The Morgan fingerprint density at radius 2 is 2.07 bits per heavy atom. The van der Waals surface area contributed by atoms with Crippen LogP contribution in [0, 0.1) is 11.3 Å². The van der Waals surface area contributed by atoms with Crippen molar-refractivity contribution in [3.05, 3.63) is 12.7 Å². The topological polar surface area (TPSA) is 93.2 Å². The lowest BCUT2D eigenvalue weighted by Crippen LogP contribution is -2.23.